The van der Waals surface area contributed by atoms with Crippen LogP contribution in [-0.2, 0) is 5.75 Å². The summed E-state index contributed by atoms with van der Waals surface area (Å²) in [6.45, 7) is 4.54. The van der Waals surface area contributed by atoms with Gasteiger partial charge in [-0.25, -0.2) is 4.98 Å². The molecule has 6 nitrogen and oxygen atoms in total. The molecule has 3 aromatic rings. The van der Waals surface area contributed by atoms with Gasteiger partial charge in [0.1, 0.15) is 23.0 Å². The number of hydrogen-bond acceptors (Lipinski definition) is 6. The van der Waals surface area contributed by atoms with Crippen molar-refractivity contribution < 1.29 is 9.53 Å². The summed E-state index contributed by atoms with van der Waals surface area (Å²) >= 11 is 2.83. The molecule has 8 heteroatoms. The number of nitrogens with one attached hydrogen (secondary N) is 2. The molecule has 1 amide bonds. The first-order valence-electron chi connectivity index (χ1n) is 8.48. The highest BCUT2D eigenvalue weighted by atomic mass is 32.2. The van der Waals surface area contributed by atoms with Gasteiger partial charge in [-0.3, -0.25) is 9.59 Å². The summed E-state index contributed by atoms with van der Waals surface area (Å²) in [5.41, 5.74) is 1.64. The lowest BCUT2D eigenvalue weighted by molar-refractivity contribution is 0.0950. The number of aryl methyl sites for hydroxylation is 2. The Morgan fingerprint density at radius 2 is 2.04 bits per heavy atom. The standard InChI is InChI=1S/C19H21N3O3S2/c1-11-4-6-13(7-5-11)25-9-8-20-18(24)16-12(2)15-17(23)21-14(10-26-3)22-19(15)27-16/h4-7H,8-10H2,1-3H3,(H,20,24)(H,21,22,23). The zero-order valence-electron chi connectivity index (χ0n) is 15.4. The molecular weight excluding hydrogens is 382 g/mol. The van der Waals surface area contributed by atoms with Gasteiger partial charge in [0.2, 0.25) is 0 Å². The molecule has 1 aromatic carbocycles. The smallest absolute Gasteiger partial charge is 0.261 e. The van der Waals surface area contributed by atoms with E-state index in [1.165, 1.54) is 16.9 Å². The number of aromatic nitrogens is 2. The number of rotatable bonds is 7. The summed E-state index contributed by atoms with van der Waals surface area (Å²) in [5, 5.41) is 3.34. The molecule has 0 saturated heterocycles. The van der Waals surface area contributed by atoms with Gasteiger partial charge in [0.05, 0.1) is 22.6 Å². The Kier molecular flexibility index (Phi) is 6.18. The highest BCUT2D eigenvalue weighted by Gasteiger charge is 2.19. The zero-order chi connectivity index (χ0) is 19.4. The summed E-state index contributed by atoms with van der Waals surface area (Å²) in [7, 11) is 0. The number of carbonyl (C=O) groups is 1. The predicted octanol–water partition coefficient (Wildman–Crippen LogP) is 3.27. The first-order chi connectivity index (χ1) is 13.0. The number of hydrogen-bond donors (Lipinski definition) is 2. The van der Waals surface area contributed by atoms with E-state index in [4.69, 9.17) is 4.74 Å². The van der Waals surface area contributed by atoms with Crippen LogP contribution in [0.1, 0.15) is 26.6 Å². The maximum Gasteiger partial charge on any atom is 0.261 e. The number of fused-ring (bicyclic) bond motifs is 1. The first-order valence-corrected chi connectivity index (χ1v) is 10.7. The van der Waals surface area contributed by atoms with E-state index in [1.54, 1.807) is 18.7 Å². The van der Waals surface area contributed by atoms with E-state index in [2.05, 4.69) is 15.3 Å². The molecule has 0 radical (unpaired) electrons. The van der Waals surface area contributed by atoms with Crippen molar-refractivity contribution in [2.24, 2.45) is 0 Å². The lowest BCUT2D eigenvalue weighted by atomic mass is 10.2. The van der Waals surface area contributed by atoms with Crippen molar-refractivity contribution in [3.63, 3.8) is 0 Å². The van der Waals surface area contributed by atoms with Gasteiger partial charge in [0.15, 0.2) is 0 Å². The Morgan fingerprint density at radius 3 is 2.74 bits per heavy atom. The van der Waals surface area contributed by atoms with Crippen LogP contribution in [0.5, 0.6) is 5.75 Å². The van der Waals surface area contributed by atoms with Crippen molar-refractivity contribution >= 4 is 39.2 Å². The number of amides is 1. The van der Waals surface area contributed by atoms with Crippen LogP contribution in [0.25, 0.3) is 10.2 Å². The van der Waals surface area contributed by atoms with Gasteiger partial charge in [-0.2, -0.15) is 11.8 Å². The maximum atomic E-state index is 12.5. The van der Waals surface area contributed by atoms with E-state index in [0.29, 0.717) is 45.4 Å². The van der Waals surface area contributed by atoms with Crippen LogP contribution in [0.3, 0.4) is 0 Å². The van der Waals surface area contributed by atoms with E-state index < -0.39 is 0 Å². The predicted molar refractivity (Wildman–Crippen MR) is 111 cm³/mol. The molecule has 2 aromatic heterocycles. The quantitative estimate of drug-likeness (QED) is 0.592. The molecule has 0 aliphatic rings. The molecule has 0 saturated carbocycles. The molecule has 2 heterocycles. The van der Waals surface area contributed by atoms with Crippen molar-refractivity contribution in [2.75, 3.05) is 19.4 Å². The van der Waals surface area contributed by atoms with E-state index in [1.807, 2.05) is 37.4 Å². The average molecular weight is 404 g/mol. The molecule has 0 unspecified atom stereocenters. The number of thiophene rings is 1. The molecule has 0 aliphatic heterocycles. The number of H-pyrrole nitrogens is 1. The molecule has 0 spiro atoms. The normalized spacial score (nSPS) is 10.9. The van der Waals surface area contributed by atoms with Crippen molar-refractivity contribution in [3.8, 4) is 5.75 Å². The lowest BCUT2D eigenvalue weighted by Crippen LogP contribution is -2.28. The molecule has 3 rings (SSSR count). The van der Waals surface area contributed by atoms with E-state index >= 15 is 0 Å². The monoisotopic (exact) mass is 403 g/mol. The molecule has 27 heavy (non-hydrogen) atoms. The number of benzene rings is 1. The Hall–Kier alpha value is -2.32. The minimum atomic E-state index is -0.214. The van der Waals surface area contributed by atoms with Crippen LogP contribution in [0.15, 0.2) is 29.1 Å². The van der Waals surface area contributed by atoms with Gasteiger partial charge >= 0.3 is 0 Å². The number of nitrogens with zero attached hydrogens (tertiary/aromatic N) is 1. The lowest BCUT2D eigenvalue weighted by Gasteiger charge is -2.07. The van der Waals surface area contributed by atoms with E-state index in [0.717, 1.165) is 5.75 Å². The highest BCUT2D eigenvalue weighted by Crippen LogP contribution is 2.27. The highest BCUT2D eigenvalue weighted by molar-refractivity contribution is 7.97. The molecule has 0 atom stereocenters. The van der Waals surface area contributed by atoms with Crippen LogP contribution in [0.4, 0.5) is 0 Å². The van der Waals surface area contributed by atoms with Crippen LogP contribution >= 0.6 is 23.1 Å². The Bertz CT molecular complexity index is 1010. The topological polar surface area (TPSA) is 84.1 Å². The number of aromatic amines is 1. The van der Waals surface area contributed by atoms with Crippen molar-refractivity contribution in [1.29, 1.82) is 0 Å². The van der Waals surface area contributed by atoms with Gasteiger partial charge < -0.3 is 15.0 Å². The molecule has 142 valence electrons. The largest absolute Gasteiger partial charge is 0.492 e. The molecule has 2 N–H and O–H groups in total. The summed E-state index contributed by atoms with van der Waals surface area (Å²) in [6, 6.07) is 7.75. The van der Waals surface area contributed by atoms with Crippen LogP contribution < -0.4 is 15.6 Å². The summed E-state index contributed by atoms with van der Waals surface area (Å²) < 4.78 is 5.62. The Balaban J connectivity index is 1.66. The van der Waals surface area contributed by atoms with Gasteiger partial charge in [-0.15, -0.1) is 11.3 Å². The van der Waals surface area contributed by atoms with Gasteiger partial charge in [-0.1, -0.05) is 17.7 Å². The first kappa shape index (κ1) is 19.4. The zero-order valence-corrected chi connectivity index (χ0v) is 17.1. The molecule has 0 bridgehead atoms. The molecular formula is C19H21N3O3S2. The summed E-state index contributed by atoms with van der Waals surface area (Å²) in [4.78, 5) is 33.2. The van der Waals surface area contributed by atoms with Crippen molar-refractivity contribution in [1.82, 2.24) is 15.3 Å². The second kappa shape index (κ2) is 8.58. The van der Waals surface area contributed by atoms with Crippen molar-refractivity contribution in [3.05, 3.63) is 56.4 Å². The SMILES string of the molecule is CSCc1nc2sc(C(=O)NCCOc3ccc(C)cc3)c(C)c2c(=O)[nH]1. The fourth-order valence-electron chi connectivity index (χ4n) is 2.66. The minimum absolute atomic E-state index is 0.195. The number of ether oxygens (including phenoxy) is 1. The molecule has 0 fully saturated rings. The Morgan fingerprint density at radius 1 is 1.30 bits per heavy atom. The van der Waals surface area contributed by atoms with E-state index in [-0.39, 0.29) is 11.5 Å². The van der Waals surface area contributed by atoms with Gasteiger partial charge in [0.25, 0.3) is 11.5 Å². The third-order valence-corrected chi connectivity index (χ3v) is 5.76. The second-order valence-electron chi connectivity index (χ2n) is 6.10. The van der Waals surface area contributed by atoms with Crippen molar-refractivity contribution in [2.45, 2.75) is 19.6 Å². The molecule has 0 aliphatic carbocycles. The third-order valence-electron chi connectivity index (χ3n) is 4.01. The Labute approximate surface area is 165 Å². The minimum Gasteiger partial charge on any atom is -0.492 e. The maximum absolute atomic E-state index is 12.5. The summed E-state index contributed by atoms with van der Waals surface area (Å²) in [6.07, 6.45) is 1.95. The van der Waals surface area contributed by atoms with Gasteiger partial charge in [-0.05, 0) is 37.8 Å². The van der Waals surface area contributed by atoms with Crippen LogP contribution in [0.2, 0.25) is 0 Å². The third kappa shape index (κ3) is 4.51. The fourth-order valence-corrected chi connectivity index (χ4v) is 4.19. The van der Waals surface area contributed by atoms with E-state index in [9.17, 15) is 9.59 Å². The fraction of sp³-hybridized carbons (Fsp3) is 0.316. The van der Waals surface area contributed by atoms with Crippen LogP contribution in [-0.4, -0.2) is 35.3 Å². The average Bonchev–Trinajstić information content (AvgIpc) is 2.97. The summed E-state index contributed by atoms with van der Waals surface area (Å²) in [5.74, 6) is 1.80. The number of thioether (sulfide) groups is 1. The van der Waals surface area contributed by atoms with Gasteiger partial charge in [0, 0.05) is 0 Å². The number of carbonyl (C=O) groups excluding carboxylic acids is 1. The van der Waals surface area contributed by atoms with Crippen LogP contribution in [0, 0.1) is 13.8 Å². The second-order valence-corrected chi connectivity index (χ2v) is 7.96.